The molecular weight excluding hydrogens is 425 g/mol. The van der Waals surface area contributed by atoms with Crippen molar-refractivity contribution in [2.24, 2.45) is 0 Å². The third kappa shape index (κ3) is 7.64. The van der Waals surface area contributed by atoms with Gasteiger partial charge in [0.15, 0.2) is 6.54 Å². The van der Waals surface area contributed by atoms with E-state index in [1.807, 2.05) is 48.5 Å². The molecule has 2 N–H and O–H groups in total. The van der Waals surface area contributed by atoms with E-state index in [4.69, 9.17) is 39.4 Å². The first kappa shape index (κ1) is 23.1. The molecule has 0 aliphatic carbocycles. The lowest BCUT2D eigenvalue weighted by Gasteiger charge is -2.17. The highest BCUT2D eigenvalue weighted by molar-refractivity contribution is 6.30. The Kier molecular flexibility index (Phi) is 8.00. The number of ether oxygens (including phenoxy) is 1. The van der Waals surface area contributed by atoms with Crippen molar-refractivity contribution in [2.75, 3.05) is 13.7 Å². The Morgan fingerprint density at radius 2 is 1.72 bits per heavy atom. The van der Waals surface area contributed by atoms with Gasteiger partial charge >= 0.3 is 0 Å². The molecule has 1 aromatic heterocycles. The Balaban J connectivity index is 0.000000537. The van der Waals surface area contributed by atoms with E-state index in [-0.39, 0.29) is 0 Å². The molecule has 0 saturated carbocycles. The number of methoxy groups -OCH3 is 1. The molecule has 0 radical (unpaired) electrons. The van der Waals surface area contributed by atoms with Gasteiger partial charge in [0.05, 0.1) is 18.6 Å². The summed E-state index contributed by atoms with van der Waals surface area (Å²) in [7, 11) is -3.32. The molecule has 10 heteroatoms. The van der Waals surface area contributed by atoms with Crippen LogP contribution in [0.25, 0.3) is 22.3 Å². The van der Waals surface area contributed by atoms with E-state index >= 15 is 0 Å². The van der Waals surface area contributed by atoms with Gasteiger partial charge in [0.1, 0.15) is 23.2 Å². The minimum Gasteiger partial charge on any atom is -0.497 e. The van der Waals surface area contributed by atoms with E-state index in [0.29, 0.717) is 11.6 Å². The van der Waals surface area contributed by atoms with E-state index in [2.05, 4.69) is 4.99 Å². The topological polar surface area (TPSA) is 149 Å². The summed E-state index contributed by atoms with van der Waals surface area (Å²) in [5.74, 6) is 1.47. The van der Waals surface area contributed by atoms with Gasteiger partial charge in [0.2, 0.25) is 5.36 Å². The second-order valence-corrected chi connectivity index (χ2v) is 7.19. The van der Waals surface area contributed by atoms with Crippen LogP contribution in [0.5, 0.6) is 5.75 Å². The quantitative estimate of drug-likeness (QED) is 0.447. The Morgan fingerprint density at radius 1 is 1.10 bits per heavy atom. The zero-order valence-electron chi connectivity index (χ0n) is 15.6. The van der Waals surface area contributed by atoms with Crippen LogP contribution in [0, 0.1) is 10.2 Å². The fourth-order valence-electron chi connectivity index (χ4n) is 2.45. The van der Waals surface area contributed by atoms with Crippen LogP contribution < -0.4 is 33.7 Å². The highest BCUT2D eigenvalue weighted by Gasteiger charge is 2.11. The van der Waals surface area contributed by atoms with Gasteiger partial charge in [-0.05, 0) is 49.4 Å². The van der Waals surface area contributed by atoms with Crippen LogP contribution in [0.3, 0.4) is 0 Å². The summed E-state index contributed by atoms with van der Waals surface area (Å²) in [5.41, 5.74) is 1.66. The predicted octanol–water partition coefficient (Wildman–Crippen LogP) is -2.63. The van der Waals surface area contributed by atoms with Gasteiger partial charge in [-0.3, -0.25) is 0 Å². The molecule has 1 unspecified atom stereocenters. The maximum absolute atomic E-state index is 9.58. The molecule has 8 nitrogen and oxygen atoms in total. The first-order valence-electron chi connectivity index (χ1n) is 8.31. The van der Waals surface area contributed by atoms with Gasteiger partial charge in [-0.25, -0.2) is 23.6 Å². The van der Waals surface area contributed by atoms with Gasteiger partial charge in [-0.1, -0.05) is 11.6 Å². The van der Waals surface area contributed by atoms with Crippen molar-refractivity contribution in [1.29, 1.82) is 0 Å². The van der Waals surface area contributed by atoms with Crippen LogP contribution in [-0.4, -0.2) is 24.9 Å². The zero-order valence-corrected chi connectivity index (χ0v) is 17.1. The Bertz CT molecular complexity index is 1010. The number of rotatable bonds is 4. The van der Waals surface area contributed by atoms with Gasteiger partial charge in [-0.2, -0.15) is 0 Å². The van der Waals surface area contributed by atoms with Crippen molar-refractivity contribution >= 4 is 22.6 Å². The minimum atomic E-state index is -4.94. The summed E-state index contributed by atoms with van der Waals surface area (Å²) >= 11 is 5.96. The molecule has 0 aliphatic heterocycles. The Morgan fingerprint density at radius 3 is 2.28 bits per heavy atom. The van der Waals surface area contributed by atoms with Crippen molar-refractivity contribution in [3.8, 4) is 17.1 Å². The van der Waals surface area contributed by atoms with Gasteiger partial charge < -0.3 is 14.3 Å². The number of hydrogen-bond donors (Lipinski definition) is 2. The number of nitrogens with one attached hydrogen (secondary N) is 1. The average molecular weight is 444 g/mol. The first-order valence-corrected chi connectivity index (χ1v) is 9.92. The van der Waals surface area contributed by atoms with Crippen LogP contribution in [0.1, 0.15) is 6.92 Å². The molecule has 0 aliphatic rings. The molecule has 3 aromatic rings. The molecule has 1 atom stereocenters. The van der Waals surface area contributed by atoms with Crippen molar-refractivity contribution in [1.82, 2.24) is 0 Å². The van der Waals surface area contributed by atoms with Crippen molar-refractivity contribution < 1.29 is 48.1 Å². The summed E-state index contributed by atoms with van der Waals surface area (Å²) in [6.45, 7) is 2.18. The number of hydrogen-bond acceptors (Lipinski definition) is 7. The Labute approximate surface area is 173 Å². The molecule has 2 aromatic carbocycles. The van der Waals surface area contributed by atoms with Crippen molar-refractivity contribution in [2.45, 2.75) is 13.0 Å². The molecule has 0 saturated heterocycles. The Hall–Kier alpha value is -2.17. The number of fused-ring (bicyclic) bond motifs is 1. The SMILES string of the molecule is COc1ccc2oc(-c3ccc(Cl)cc3)cc(=[NH+]CC(C)O)c2c1.[O-][Cl+3]([O-])([O-])[O-]. The zero-order chi connectivity index (χ0) is 21.6. The van der Waals surface area contributed by atoms with E-state index in [0.717, 1.165) is 33.4 Å². The molecular formula is C19H19Cl2NO7. The monoisotopic (exact) mass is 443 g/mol. The molecule has 3 rings (SSSR count). The lowest BCUT2D eigenvalue weighted by molar-refractivity contribution is -2.00. The minimum absolute atomic E-state index is 0.441. The van der Waals surface area contributed by atoms with Crippen LogP contribution in [0.2, 0.25) is 5.02 Å². The summed E-state index contributed by atoms with van der Waals surface area (Å²) < 4.78 is 45.3. The van der Waals surface area contributed by atoms with Crippen LogP contribution in [0.15, 0.2) is 52.9 Å². The standard InChI is InChI=1S/C19H18ClNO3.ClHO4/c1-12(22)11-21-17-10-19(13-3-5-14(20)6-4-13)24-18-8-7-15(23-2)9-16(17)18;2-1(3,4)5/h3-10,12,22H,11H2,1-2H3;(H,2,3,4,5). The predicted molar refractivity (Wildman–Crippen MR) is 93.9 cm³/mol. The smallest absolute Gasteiger partial charge is 0.213 e. The molecule has 1 heterocycles. The summed E-state index contributed by atoms with van der Waals surface area (Å²) in [4.78, 5) is 3.27. The third-order valence-corrected chi connectivity index (χ3v) is 3.94. The van der Waals surface area contributed by atoms with Crippen LogP contribution >= 0.6 is 11.6 Å². The molecule has 0 bridgehead atoms. The lowest BCUT2D eigenvalue weighted by Crippen LogP contribution is -2.78. The molecule has 0 amide bonds. The van der Waals surface area contributed by atoms with Crippen LogP contribution in [0.4, 0.5) is 0 Å². The number of aliphatic hydroxyl groups is 1. The lowest BCUT2D eigenvalue weighted by atomic mass is 10.1. The number of aliphatic hydroxyl groups excluding tert-OH is 1. The summed E-state index contributed by atoms with van der Waals surface area (Å²) in [5, 5.41) is 12.0. The molecule has 156 valence electrons. The van der Waals surface area contributed by atoms with Crippen LogP contribution in [-0.2, 0) is 0 Å². The average Bonchev–Trinajstić information content (AvgIpc) is 2.64. The van der Waals surface area contributed by atoms with Gasteiger partial charge in [-0.15, -0.1) is 10.2 Å². The fourth-order valence-corrected chi connectivity index (χ4v) is 2.58. The second kappa shape index (κ2) is 10.0. The van der Waals surface area contributed by atoms with Gasteiger partial charge in [0, 0.05) is 10.6 Å². The third-order valence-electron chi connectivity index (χ3n) is 3.69. The van der Waals surface area contributed by atoms with E-state index in [1.54, 1.807) is 14.0 Å². The van der Waals surface area contributed by atoms with E-state index in [9.17, 15) is 5.11 Å². The number of benzene rings is 2. The normalized spacial score (nSPS) is 13.0. The maximum atomic E-state index is 9.58. The van der Waals surface area contributed by atoms with Crippen molar-refractivity contribution in [3.05, 3.63) is 58.9 Å². The molecule has 29 heavy (non-hydrogen) atoms. The van der Waals surface area contributed by atoms with E-state index < -0.39 is 16.3 Å². The highest BCUT2D eigenvalue weighted by Crippen LogP contribution is 2.25. The van der Waals surface area contributed by atoms with Gasteiger partial charge in [0.25, 0.3) is 0 Å². The largest absolute Gasteiger partial charge is 0.497 e. The highest BCUT2D eigenvalue weighted by atomic mass is 35.7. The molecule has 0 fully saturated rings. The summed E-state index contributed by atoms with van der Waals surface area (Å²) in [6, 6.07) is 15.0. The summed E-state index contributed by atoms with van der Waals surface area (Å²) in [6.07, 6.45) is -0.457. The first-order chi connectivity index (χ1) is 13.6. The fraction of sp³-hybridized carbons (Fsp3) is 0.211. The van der Waals surface area contributed by atoms with E-state index in [1.165, 1.54) is 0 Å². The van der Waals surface area contributed by atoms with Crippen molar-refractivity contribution in [3.63, 3.8) is 0 Å². The second-order valence-electron chi connectivity index (χ2n) is 6.00. The number of halogens is 2. The maximum Gasteiger partial charge on any atom is 0.213 e. The molecule has 0 spiro atoms.